The first-order valence-electron chi connectivity index (χ1n) is 10.0. The van der Waals surface area contributed by atoms with Gasteiger partial charge in [-0.3, -0.25) is 9.80 Å². The van der Waals surface area contributed by atoms with Gasteiger partial charge in [0.05, 0.1) is 0 Å². The van der Waals surface area contributed by atoms with Crippen molar-refractivity contribution in [3.63, 3.8) is 0 Å². The SMILES string of the molecule is CN1CCCCC1c1ccc(N(C(=O)OC(C)(C)C)C2CCCC2)nc1. The molecule has 144 valence electrons. The molecule has 1 saturated heterocycles. The number of carbonyl (C=O) groups excluding carboxylic acids is 1. The monoisotopic (exact) mass is 359 g/mol. The molecule has 1 atom stereocenters. The maximum atomic E-state index is 12.8. The highest BCUT2D eigenvalue weighted by molar-refractivity contribution is 5.87. The Hall–Kier alpha value is -1.62. The lowest BCUT2D eigenvalue weighted by molar-refractivity contribution is 0.0564. The van der Waals surface area contributed by atoms with Crippen molar-refractivity contribution in [2.45, 2.75) is 83.4 Å². The van der Waals surface area contributed by atoms with Crippen molar-refractivity contribution < 1.29 is 9.53 Å². The minimum atomic E-state index is -0.501. The van der Waals surface area contributed by atoms with Crippen LogP contribution >= 0.6 is 0 Å². The van der Waals surface area contributed by atoms with E-state index < -0.39 is 5.60 Å². The molecule has 3 rings (SSSR count). The van der Waals surface area contributed by atoms with Crippen molar-refractivity contribution in [2.24, 2.45) is 0 Å². The second-order valence-corrected chi connectivity index (χ2v) is 8.73. The average molecular weight is 360 g/mol. The lowest BCUT2D eigenvalue weighted by atomic mass is 9.97. The van der Waals surface area contributed by atoms with Gasteiger partial charge >= 0.3 is 6.09 Å². The van der Waals surface area contributed by atoms with E-state index in [2.05, 4.69) is 23.0 Å². The van der Waals surface area contributed by atoms with Gasteiger partial charge in [-0.05, 0) is 71.7 Å². The summed E-state index contributed by atoms with van der Waals surface area (Å²) in [5.41, 5.74) is 0.741. The van der Waals surface area contributed by atoms with Crippen LogP contribution in [0.15, 0.2) is 18.3 Å². The summed E-state index contributed by atoms with van der Waals surface area (Å²) in [5.74, 6) is 0.716. The Bertz CT molecular complexity index is 603. The minimum Gasteiger partial charge on any atom is -0.443 e. The third kappa shape index (κ3) is 4.56. The van der Waals surface area contributed by atoms with E-state index >= 15 is 0 Å². The Kier molecular flexibility index (Phi) is 5.86. The molecule has 0 aromatic carbocycles. The van der Waals surface area contributed by atoms with Crippen LogP contribution in [-0.4, -0.2) is 41.2 Å². The Morgan fingerprint density at radius 2 is 1.85 bits per heavy atom. The molecule has 26 heavy (non-hydrogen) atoms. The molecule has 2 fully saturated rings. The van der Waals surface area contributed by atoms with Crippen LogP contribution in [0, 0.1) is 0 Å². The summed E-state index contributed by atoms with van der Waals surface area (Å²) >= 11 is 0. The van der Waals surface area contributed by atoms with E-state index in [-0.39, 0.29) is 12.1 Å². The summed E-state index contributed by atoms with van der Waals surface area (Å²) in [6.45, 7) is 6.87. The standard InChI is InChI=1S/C21H33N3O2/c1-21(2,3)26-20(25)24(17-9-5-6-10-17)19-13-12-16(15-22-19)18-11-7-8-14-23(18)4/h12-13,15,17-18H,5-11,14H2,1-4H3. The van der Waals surface area contributed by atoms with Crippen molar-refractivity contribution in [1.29, 1.82) is 0 Å². The van der Waals surface area contributed by atoms with E-state index in [0.29, 0.717) is 11.9 Å². The molecule has 1 saturated carbocycles. The molecule has 2 aliphatic rings. The number of likely N-dealkylation sites (tertiary alicyclic amines) is 1. The highest BCUT2D eigenvalue weighted by Crippen LogP contribution is 2.32. The van der Waals surface area contributed by atoms with Crippen molar-refractivity contribution in [1.82, 2.24) is 9.88 Å². The van der Waals surface area contributed by atoms with Crippen molar-refractivity contribution in [3.05, 3.63) is 23.9 Å². The summed E-state index contributed by atoms with van der Waals surface area (Å²) in [5, 5.41) is 0. The summed E-state index contributed by atoms with van der Waals surface area (Å²) in [7, 11) is 2.18. The molecule has 1 aliphatic carbocycles. The van der Waals surface area contributed by atoms with Crippen molar-refractivity contribution in [3.8, 4) is 0 Å². The van der Waals surface area contributed by atoms with Crippen LogP contribution in [0.4, 0.5) is 10.6 Å². The van der Waals surface area contributed by atoms with E-state index in [1.54, 1.807) is 4.90 Å². The van der Waals surface area contributed by atoms with Crippen molar-refractivity contribution in [2.75, 3.05) is 18.5 Å². The number of hydrogen-bond donors (Lipinski definition) is 0. The summed E-state index contributed by atoms with van der Waals surface area (Å²) < 4.78 is 5.67. The number of rotatable bonds is 3. The van der Waals surface area contributed by atoms with Crippen LogP contribution in [-0.2, 0) is 4.74 Å². The topological polar surface area (TPSA) is 45.7 Å². The van der Waals surface area contributed by atoms with Gasteiger partial charge in [0.2, 0.25) is 0 Å². The van der Waals surface area contributed by atoms with Gasteiger partial charge in [-0.1, -0.05) is 25.3 Å². The molecular formula is C21H33N3O2. The van der Waals surface area contributed by atoms with Crippen LogP contribution < -0.4 is 4.90 Å². The quantitative estimate of drug-likeness (QED) is 0.768. The van der Waals surface area contributed by atoms with Crippen LogP contribution in [0.5, 0.6) is 0 Å². The maximum Gasteiger partial charge on any atom is 0.416 e. The minimum absolute atomic E-state index is 0.195. The average Bonchev–Trinajstić information content (AvgIpc) is 3.09. The van der Waals surface area contributed by atoms with Crippen molar-refractivity contribution >= 4 is 11.9 Å². The Labute approximate surface area is 157 Å². The molecule has 1 aromatic rings. The fourth-order valence-corrected chi connectivity index (χ4v) is 4.14. The van der Waals surface area contributed by atoms with E-state index in [9.17, 15) is 4.79 Å². The number of nitrogens with zero attached hydrogens (tertiary/aromatic N) is 3. The van der Waals surface area contributed by atoms with E-state index in [1.807, 2.05) is 33.0 Å². The Morgan fingerprint density at radius 3 is 2.42 bits per heavy atom. The number of ether oxygens (including phenoxy) is 1. The first-order valence-corrected chi connectivity index (χ1v) is 10.0. The molecule has 0 spiro atoms. The van der Waals surface area contributed by atoms with Gasteiger partial charge in [0.25, 0.3) is 0 Å². The predicted molar refractivity (Wildman–Crippen MR) is 104 cm³/mol. The number of amides is 1. The summed E-state index contributed by atoms with van der Waals surface area (Å²) in [6.07, 6.45) is 9.75. The zero-order valence-corrected chi connectivity index (χ0v) is 16.7. The number of hydrogen-bond acceptors (Lipinski definition) is 4. The van der Waals surface area contributed by atoms with Crippen LogP contribution in [0.2, 0.25) is 0 Å². The fourth-order valence-electron chi connectivity index (χ4n) is 4.14. The molecule has 5 nitrogen and oxygen atoms in total. The molecule has 1 aliphatic heterocycles. The van der Waals surface area contributed by atoms with Gasteiger partial charge < -0.3 is 4.74 Å². The molecule has 5 heteroatoms. The lowest BCUT2D eigenvalue weighted by Crippen LogP contribution is -2.43. The molecular weight excluding hydrogens is 326 g/mol. The third-order valence-corrected chi connectivity index (χ3v) is 5.45. The second kappa shape index (κ2) is 7.95. The molecule has 0 radical (unpaired) electrons. The Morgan fingerprint density at radius 1 is 1.15 bits per heavy atom. The molecule has 0 bridgehead atoms. The largest absolute Gasteiger partial charge is 0.443 e. The third-order valence-electron chi connectivity index (χ3n) is 5.45. The number of aromatic nitrogens is 1. The first-order chi connectivity index (χ1) is 12.3. The first kappa shape index (κ1) is 19.2. The number of pyridine rings is 1. The van der Waals surface area contributed by atoms with Crippen LogP contribution in [0.25, 0.3) is 0 Å². The molecule has 1 unspecified atom stereocenters. The molecule has 0 N–H and O–H groups in total. The summed E-state index contributed by atoms with van der Waals surface area (Å²) in [6, 6.07) is 4.77. The second-order valence-electron chi connectivity index (χ2n) is 8.73. The zero-order chi connectivity index (χ0) is 18.7. The summed E-state index contributed by atoms with van der Waals surface area (Å²) in [4.78, 5) is 21.7. The van der Waals surface area contributed by atoms with Crippen LogP contribution in [0.3, 0.4) is 0 Å². The van der Waals surface area contributed by atoms with Gasteiger partial charge in [0, 0.05) is 18.3 Å². The highest BCUT2D eigenvalue weighted by atomic mass is 16.6. The number of carbonyl (C=O) groups is 1. The van der Waals surface area contributed by atoms with Gasteiger partial charge in [-0.25, -0.2) is 9.78 Å². The molecule has 2 heterocycles. The van der Waals surface area contributed by atoms with Gasteiger partial charge in [-0.2, -0.15) is 0 Å². The Balaban J connectivity index is 1.80. The smallest absolute Gasteiger partial charge is 0.416 e. The van der Waals surface area contributed by atoms with E-state index in [1.165, 1.54) is 24.8 Å². The molecule has 1 amide bonds. The van der Waals surface area contributed by atoms with Crippen LogP contribution in [0.1, 0.15) is 77.3 Å². The van der Waals surface area contributed by atoms with E-state index in [0.717, 1.165) is 32.2 Å². The van der Waals surface area contributed by atoms with E-state index in [4.69, 9.17) is 4.74 Å². The lowest BCUT2D eigenvalue weighted by Gasteiger charge is -2.33. The fraction of sp³-hybridized carbons (Fsp3) is 0.714. The predicted octanol–water partition coefficient (Wildman–Crippen LogP) is 4.92. The molecule has 1 aromatic heterocycles. The number of anilines is 1. The van der Waals surface area contributed by atoms with Gasteiger partial charge in [-0.15, -0.1) is 0 Å². The van der Waals surface area contributed by atoms with Gasteiger partial charge in [0.1, 0.15) is 11.4 Å². The number of piperidine rings is 1. The normalized spacial score (nSPS) is 22.4. The van der Waals surface area contributed by atoms with Gasteiger partial charge in [0.15, 0.2) is 0 Å². The zero-order valence-electron chi connectivity index (χ0n) is 16.7. The maximum absolute atomic E-state index is 12.8. The highest BCUT2D eigenvalue weighted by Gasteiger charge is 2.32.